The molecule has 1 N–H and O–H groups in total. The fourth-order valence-electron chi connectivity index (χ4n) is 2.38. The van der Waals surface area contributed by atoms with E-state index in [0.717, 1.165) is 31.6 Å². The van der Waals surface area contributed by atoms with Crippen LogP contribution in [0.5, 0.6) is 0 Å². The van der Waals surface area contributed by atoms with Gasteiger partial charge in [0.25, 0.3) is 0 Å². The first-order valence-corrected chi connectivity index (χ1v) is 7.05. The first-order chi connectivity index (χ1) is 8.99. The Balaban J connectivity index is 1.94. The first kappa shape index (κ1) is 14.3. The molecular weight excluding hydrogens is 264 g/mol. The lowest BCUT2D eigenvalue weighted by Gasteiger charge is -2.30. The number of nitrogens with zero attached hydrogens (tertiary/aromatic N) is 3. The third-order valence-corrected chi connectivity index (χ3v) is 4.17. The van der Waals surface area contributed by atoms with Crippen molar-refractivity contribution in [3.63, 3.8) is 0 Å². The smallest absolute Gasteiger partial charge is 0.244 e. The summed E-state index contributed by atoms with van der Waals surface area (Å²) >= 11 is 5.97. The van der Waals surface area contributed by atoms with E-state index in [9.17, 15) is 4.79 Å². The van der Waals surface area contributed by atoms with E-state index in [1.54, 1.807) is 10.9 Å². The molecule has 19 heavy (non-hydrogen) atoms. The summed E-state index contributed by atoms with van der Waals surface area (Å²) in [6.45, 7) is 5.78. The van der Waals surface area contributed by atoms with Gasteiger partial charge in [-0.25, -0.2) is 0 Å². The summed E-state index contributed by atoms with van der Waals surface area (Å²) in [6, 6.07) is -0.0513. The number of rotatable bonds is 3. The highest BCUT2D eigenvalue weighted by atomic mass is 35.5. The molecule has 1 aromatic rings. The predicted octanol–water partition coefficient (Wildman–Crippen LogP) is 1.62. The fourth-order valence-corrected chi connectivity index (χ4v) is 2.51. The number of hydrogen-bond donors (Lipinski definition) is 1. The lowest BCUT2D eigenvalue weighted by molar-refractivity contribution is -0.125. The minimum Gasteiger partial charge on any atom is -0.351 e. The monoisotopic (exact) mass is 284 g/mol. The second-order valence-electron chi connectivity index (χ2n) is 5.28. The molecule has 1 aliphatic heterocycles. The second kappa shape index (κ2) is 5.92. The largest absolute Gasteiger partial charge is 0.351 e. The van der Waals surface area contributed by atoms with Crippen molar-refractivity contribution in [2.24, 2.45) is 0 Å². The maximum absolute atomic E-state index is 12.2. The van der Waals surface area contributed by atoms with Crippen LogP contribution in [-0.2, 0) is 4.79 Å². The molecule has 1 aromatic heterocycles. The molecule has 1 amide bonds. The van der Waals surface area contributed by atoms with E-state index in [0.29, 0.717) is 5.02 Å². The highest BCUT2D eigenvalue weighted by Gasteiger charge is 2.23. The highest BCUT2D eigenvalue weighted by molar-refractivity contribution is 6.31. The Labute approximate surface area is 118 Å². The maximum atomic E-state index is 12.2. The summed E-state index contributed by atoms with van der Waals surface area (Å²) in [7, 11) is 2.11. The third-order valence-electron chi connectivity index (χ3n) is 3.80. The van der Waals surface area contributed by atoms with E-state index in [1.807, 2.05) is 13.8 Å². The Morgan fingerprint density at radius 2 is 2.16 bits per heavy atom. The van der Waals surface area contributed by atoms with Gasteiger partial charge in [0.2, 0.25) is 5.91 Å². The maximum Gasteiger partial charge on any atom is 0.244 e. The number of halogens is 1. The van der Waals surface area contributed by atoms with Gasteiger partial charge in [0, 0.05) is 6.04 Å². The standard InChI is InChI=1S/C13H21ClN4O/c1-9-12(14)8-15-18(9)10(2)13(19)16-11-4-6-17(3)7-5-11/h8,10-11H,4-7H2,1-3H3,(H,16,19). The van der Waals surface area contributed by atoms with Crippen molar-refractivity contribution < 1.29 is 4.79 Å². The Morgan fingerprint density at radius 1 is 1.53 bits per heavy atom. The molecule has 1 saturated heterocycles. The van der Waals surface area contributed by atoms with E-state index >= 15 is 0 Å². The summed E-state index contributed by atoms with van der Waals surface area (Å²) in [5.74, 6) is 0.0115. The van der Waals surface area contributed by atoms with Crippen LogP contribution in [0.15, 0.2) is 6.20 Å². The first-order valence-electron chi connectivity index (χ1n) is 6.67. The van der Waals surface area contributed by atoms with Gasteiger partial charge in [-0.05, 0) is 46.8 Å². The normalized spacial score (nSPS) is 19.4. The molecule has 0 spiro atoms. The quantitative estimate of drug-likeness (QED) is 0.918. The number of nitrogens with one attached hydrogen (secondary N) is 1. The number of carbonyl (C=O) groups is 1. The van der Waals surface area contributed by atoms with Crippen LogP contribution in [0.2, 0.25) is 5.02 Å². The molecule has 1 aliphatic rings. The summed E-state index contributed by atoms with van der Waals surface area (Å²) < 4.78 is 1.67. The van der Waals surface area contributed by atoms with Gasteiger partial charge in [-0.1, -0.05) is 11.6 Å². The van der Waals surface area contributed by atoms with Crippen LogP contribution >= 0.6 is 11.6 Å². The van der Waals surface area contributed by atoms with Crippen molar-refractivity contribution in [1.29, 1.82) is 0 Å². The lowest BCUT2D eigenvalue weighted by Crippen LogP contribution is -2.45. The van der Waals surface area contributed by atoms with Crippen LogP contribution in [0.3, 0.4) is 0 Å². The fraction of sp³-hybridized carbons (Fsp3) is 0.692. The van der Waals surface area contributed by atoms with Crippen LogP contribution < -0.4 is 5.32 Å². The van der Waals surface area contributed by atoms with Crippen molar-refractivity contribution in [2.75, 3.05) is 20.1 Å². The van der Waals surface area contributed by atoms with Gasteiger partial charge in [-0.2, -0.15) is 5.10 Å². The number of hydrogen-bond acceptors (Lipinski definition) is 3. The lowest BCUT2D eigenvalue weighted by atomic mass is 10.1. The van der Waals surface area contributed by atoms with Crippen LogP contribution in [0.4, 0.5) is 0 Å². The molecule has 6 heteroatoms. The molecule has 2 rings (SSSR count). The van der Waals surface area contributed by atoms with Crippen LogP contribution in [0.1, 0.15) is 31.5 Å². The van der Waals surface area contributed by atoms with Gasteiger partial charge in [0.05, 0.1) is 16.9 Å². The Kier molecular flexibility index (Phi) is 4.47. The minimum absolute atomic E-state index is 0.0115. The van der Waals surface area contributed by atoms with E-state index in [1.165, 1.54) is 0 Å². The Bertz CT molecular complexity index is 451. The molecule has 1 atom stereocenters. The summed E-state index contributed by atoms with van der Waals surface area (Å²) in [5, 5.41) is 7.86. The summed E-state index contributed by atoms with van der Waals surface area (Å²) in [5.41, 5.74) is 0.827. The number of piperidine rings is 1. The molecule has 0 aliphatic carbocycles. The molecule has 2 heterocycles. The molecule has 0 saturated carbocycles. The van der Waals surface area contributed by atoms with Crippen LogP contribution in [-0.4, -0.2) is 46.8 Å². The molecule has 0 aromatic carbocycles. The van der Waals surface area contributed by atoms with Crippen LogP contribution in [0.25, 0.3) is 0 Å². The van der Waals surface area contributed by atoms with E-state index < -0.39 is 0 Å². The molecule has 1 unspecified atom stereocenters. The van der Waals surface area contributed by atoms with Gasteiger partial charge in [0.1, 0.15) is 6.04 Å². The van der Waals surface area contributed by atoms with Gasteiger partial charge < -0.3 is 10.2 Å². The Morgan fingerprint density at radius 3 is 2.68 bits per heavy atom. The average Bonchev–Trinajstić information content (AvgIpc) is 2.72. The summed E-state index contributed by atoms with van der Waals surface area (Å²) in [6.07, 6.45) is 3.60. The third kappa shape index (κ3) is 3.28. The van der Waals surface area contributed by atoms with Crippen LogP contribution in [0, 0.1) is 6.92 Å². The Hall–Kier alpha value is -1.07. The topological polar surface area (TPSA) is 50.2 Å². The zero-order valence-electron chi connectivity index (χ0n) is 11.7. The predicted molar refractivity (Wildman–Crippen MR) is 75.3 cm³/mol. The SMILES string of the molecule is Cc1c(Cl)cnn1C(C)C(=O)NC1CCN(C)CC1. The molecular formula is C13H21ClN4O. The molecule has 106 valence electrons. The van der Waals surface area contributed by atoms with Gasteiger partial charge in [-0.15, -0.1) is 0 Å². The van der Waals surface area contributed by atoms with Crippen molar-refractivity contribution in [3.05, 3.63) is 16.9 Å². The number of aromatic nitrogens is 2. The molecule has 0 bridgehead atoms. The van der Waals surface area contributed by atoms with Crippen molar-refractivity contribution in [3.8, 4) is 0 Å². The molecule has 0 radical (unpaired) electrons. The van der Waals surface area contributed by atoms with E-state index in [4.69, 9.17) is 11.6 Å². The second-order valence-corrected chi connectivity index (χ2v) is 5.69. The van der Waals surface area contributed by atoms with Crippen molar-refractivity contribution in [2.45, 2.75) is 38.8 Å². The van der Waals surface area contributed by atoms with Gasteiger partial charge in [0.15, 0.2) is 0 Å². The van der Waals surface area contributed by atoms with Crippen molar-refractivity contribution in [1.82, 2.24) is 20.0 Å². The number of likely N-dealkylation sites (tertiary alicyclic amines) is 1. The van der Waals surface area contributed by atoms with E-state index in [-0.39, 0.29) is 18.0 Å². The van der Waals surface area contributed by atoms with Gasteiger partial charge >= 0.3 is 0 Å². The molecule has 1 fully saturated rings. The van der Waals surface area contributed by atoms with E-state index in [2.05, 4.69) is 22.4 Å². The summed E-state index contributed by atoms with van der Waals surface area (Å²) in [4.78, 5) is 14.5. The zero-order valence-corrected chi connectivity index (χ0v) is 12.4. The average molecular weight is 285 g/mol. The highest BCUT2D eigenvalue weighted by Crippen LogP contribution is 2.18. The zero-order chi connectivity index (χ0) is 14.0. The minimum atomic E-state index is -0.327. The number of amides is 1. The van der Waals surface area contributed by atoms with Gasteiger partial charge in [-0.3, -0.25) is 9.48 Å². The molecule has 5 nitrogen and oxygen atoms in total. The van der Waals surface area contributed by atoms with Crippen molar-refractivity contribution >= 4 is 17.5 Å². The number of carbonyl (C=O) groups excluding carboxylic acids is 1.